The standard InChI is InChI=1S/C11H7ClF3NO/c1-17-6-2-3-7-8(11(13,14)15)5-10(12)16-9(7)4-6/h2-5H,1H3. The van der Waals surface area contributed by atoms with E-state index in [0.29, 0.717) is 5.75 Å². The second-order valence-corrected chi connectivity index (χ2v) is 3.76. The molecule has 0 aliphatic heterocycles. The first kappa shape index (κ1) is 12.0. The maximum Gasteiger partial charge on any atom is 0.417 e. The van der Waals surface area contributed by atoms with Crippen LogP contribution in [0, 0.1) is 0 Å². The Morgan fingerprint density at radius 3 is 2.53 bits per heavy atom. The van der Waals surface area contributed by atoms with E-state index in [0.717, 1.165) is 6.07 Å². The molecule has 0 atom stereocenters. The zero-order chi connectivity index (χ0) is 12.6. The minimum Gasteiger partial charge on any atom is -0.497 e. The molecule has 0 saturated carbocycles. The van der Waals surface area contributed by atoms with Crippen LogP contribution in [0.25, 0.3) is 10.9 Å². The topological polar surface area (TPSA) is 22.1 Å². The summed E-state index contributed by atoms with van der Waals surface area (Å²) in [6.07, 6.45) is -4.46. The largest absolute Gasteiger partial charge is 0.497 e. The van der Waals surface area contributed by atoms with Crippen molar-refractivity contribution in [1.29, 1.82) is 0 Å². The van der Waals surface area contributed by atoms with Crippen LogP contribution in [0.1, 0.15) is 5.56 Å². The van der Waals surface area contributed by atoms with Gasteiger partial charge in [-0.25, -0.2) is 4.98 Å². The van der Waals surface area contributed by atoms with Gasteiger partial charge in [-0.1, -0.05) is 11.6 Å². The summed E-state index contributed by atoms with van der Waals surface area (Å²) in [7, 11) is 1.43. The number of hydrogen-bond donors (Lipinski definition) is 0. The quantitative estimate of drug-likeness (QED) is 0.726. The highest BCUT2D eigenvalue weighted by Gasteiger charge is 2.33. The molecule has 0 fully saturated rings. The zero-order valence-corrected chi connectivity index (χ0v) is 9.43. The molecule has 0 aliphatic rings. The third kappa shape index (κ3) is 2.29. The molecule has 17 heavy (non-hydrogen) atoms. The molecule has 0 unspecified atom stereocenters. The predicted molar refractivity (Wildman–Crippen MR) is 58.3 cm³/mol. The number of nitrogens with zero attached hydrogens (tertiary/aromatic N) is 1. The van der Waals surface area contributed by atoms with Crippen molar-refractivity contribution in [3.8, 4) is 5.75 Å². The molecule has 1 heterocycles. The summed E-state index contributed by atoms with van der Waals surface area (Å²) in [5, 5.41) is -0.194. The number of methoxy groups -OCH3 is 1. The van der Waals surface area contributed by atoms with E-state index in [1.165, 1.54) is 25.3 Å². The number of hydrogen-bond acceptors (Lipinski definition) is 2. The van der Waals surface area contributed by atoms with E-state index in [2.05, 4.69) is 4.98 Å². The monoisotopic (exact) mass is 261 g/mol. The fourth-order valence-electron chi connectivity index (χ4n) is 1.54. The second kappa shape index (κ2) is 4.07. The molecule has 0 bridgehead atoms. The van der Waals surface area contributed by atoms with Gasteiger partial charge >= 0.3 is 6.18 Å². The van der Waals surface area contributed by atoms with Crippen LogP contribution in [0.3, 0.4) is 0 Å². The Labute approximate surface area is 100.0 Å². The highest BCUT2D eigenvalue weighted by Crippen LogP contribution is 2.36. The highest BCUT2D eigenvalue weighted by molar-refractivity contribution is 6.30. The molecule has 6 heteroatoms. The summed E-state index contributed by atoms with van der Waals surface area (Å²) in [5.74, 6) is 0.431. The summed E-state index contributed by atoms with van der Waals surface area (Å²) in [4.78, 5) is 3.84. The third-order valence-electron chi connectivity index (χ3n) is 2.29. The van der Waals surface area contributed by atoms with E-state index in [1.54, 1.807) is 0 Å². The summed E-state index contributed by atoms with van der Waals surface area (Å²) < 4.78 is 43.2. The fourth-order valence-corrected chi connectivity index (χ4v) is 1.74. The number of pyridine rings is 1. The first-order valence-electron chi connectivity index (χ1n) is 4.63. The van der Waals surface area contributed by atoms with Gasteiger partial charge in [-0.05, 0) is 18.2 Å². The molecule has 0 aliphatic carbocycles. The molecule has 0 amide bonds. The first-order valence-corrected chi connectivity index (χ1v) is 5.01. The summed E-state index contributed by atoms with van der Waals surface area (Å²) in [6, 6.07) is 5.00. The van der Waals surface area contributed by atoms with E-state index in [9.17, 15) is 13.2 Å². The molecule has 0 N–H and O–H groups in total. The number of benzene rings is 1. The Morgan fingerprint density at radius 2 is 1.94 bits per heavy atom. The van der Waals surface area contributed by atoms with E-state index in [-0.39, 0.29) is 16.1 Å². The average Bonchev–Trinajstić information content (AvgIpc) is 2.25. The third-order valence-corrected chi connectivity index (χ3v) is 2.48. The van der Waals surface area contributed by atoms with Crippen LogP contribution in [0.15, 0.2) is 24.3 Å². The molecule has 2 aromatic rings. The Bertz CT molecular complexity index is 568. The van der Waals surface area contributed by atoms with Crippen LogP contribution in [0.2, 0.25) is 5.15 Å². The molecule has 0 saturated heterocycles. The number of halogens is 4. The van der Waals surface area contributed by atoms with Crippen molar-refractivity contribution in [3.05, 3.63) is 35.0 Å². The van der Waals surface area contributed by atoms with Gasteiger partial charge in [0.25, 0.3) is 0 Å². The summed E-state index contributed by atoms with van der Waals surface area (Å²) >= 11 is 5.57. The number of rotatable bonds is 1. The zero-order valence-electron chi connectivity index (χ0n) is 8.68. The molecule has 0 radical (unpaired) electrons. The molecule has 1 aromatic carbocycles. The minimum atomic E-state index is -4.46. The normalized spacial score (nSPS) is 11.8. The van der Waals surface area contributed by atoms with Crippen LogP contribution >= 0.6 is 11.6 Å². The van der Waals surface area contributed by atoms with Gasteiger partial charge in [0, 0.05) is 11.5 Å². The smallest absolute Gasteiger partial charge is 0.417 e. The van der Waals surface area contributed by atoms with Crippen molar-refractivity contribution in [2.75, 3.05) is 7.11 Å². The number of ether oxygens (including phenoxy) is 1. The molecule has 2 nitrogen and oxygen atoms in total. The minimum absolute atomic E-state index is 0.00250. The van der Waals surface area contributed by atoms with Crippen molar-refractivity contribution in [3.63, 3.8) is 0 Å². The van der Waals surface area contributed by atoms with Gasteiger partial charge < -0.3 is 4.74 Å². The molecule has 2 rings (SSSR count). The lowest BCUT2D eigenvalue weighted by molar-refractivity contribution is -0.136. The van der Waals surface area contributed by atoms with Crippen LogP contribution < -0.4 is 4.74 Å². The Hall–Kier alpha value is -1.49. The highest BCUT2D eigenvalue weighted by atomic mass is 35.5. The van der Waals surface area contributed by atoms with Gasteiger partial charge in [-0.3, -0.25) is 0 Å². The van der Waals surface area contributed by atoms with E-state index in [1.807, 2.05) is 0 Å². The first-order chi connectivity index (χ1) is 7.91. The summed E-state index contributed by atoms with van der Waals surface area (Å²) in [5.41, 5.74) is -0.640. The average molecular weight is 262 g/mol. The van der Waals surface area contributed by atoms with Crippen molar-refractivity contribution in [2.45, 2.75) is 6.18 Å². The number of alkyl halides is 3. The molecule has 1 aromatic heterocycles. The summed E-state index contributed by atoms with van der Waals surface area (Å²) in [6.45, 7) is 0. The lowest BCUT2D eigenvalue weighted by Gasteiger charge is -2.11. The molecule has 0 spiro atoms. The van der Waals surface area contributed by atoms with Gasteiger partial charge in [-0.2, -0.15) is 13.2 Å². The van der Waals surface area contributed by atoms with Crippen molar-refractivity contribution in [1.82, 2.24) is 4.98 Å². The Balaban J connectivity index is 2.77. The van der Waals surface area contributed by atoms with E-state index in [4.69, 9.17) is 16.3 Å². The Kier molecular flexibility index (Phi) is 2.87. The SMILES string of the molecule is COc1ccc2c(C(F)(F)F)cc(Cl)nc2c1. The molecular formula is C11H7ClF3NO. The lowest BCUT2D eigenvalue weighted by atomic mass is 10.1. The van der Waals surface area contributed by atoms with Crippen LogP contribution in [-0.4, -0.2) is 12.1 Å². The van der Waals surface area contributed by atoms with Gasteiger partial charge in [0.05, 0.1) is 18.2 Å². The van der Waals surface area contributed by atoms with Gasteiger partial charge in [0.1, 0.15) is 10.9 Å². The van der Waals surface area contributed by atoms with Crippen LogP contribution in [-0.2, 0) is 6.18 Å². The van der Waals surface area contributed by atoms with Gasteiger partial charge in [0.15, 0.2) is 0 Å². The van der Waals surface area contributed by atoms with E-state index >= 15 is 0 Å². The lowest BCUT2D eigenvalue weighted by Crippen LogP contribution is -2.06. The maximum atomic E-state index is 12.8. The van der Waals surface area contributed by atoms with Crippen molar-refractivity contribution >= 4 is 22.5 Å². The Morgan fingerprint density at radius 1 is 1.24 bits per heavy atom. The number of aromatic nitrogens is 1. The van der Waals surface area contributed by atoms with Gasteiger partial charge in [0.2, 0.25) is 0 Å². The molecule has 90 valence electrons. The van der Waals surface area contributed by atoms with Crippen molar-refractivity contribution in [2.24, 2.45) is 0 Å². The van der Waals surface area contributed by atoms with Crippen LogP contribution in [0.5, 0.6) is 5.75 Å². The predicted octanol–water partition coefficient (Wildman–Crippen LogP) is 3.92. The van der Waals surface area contributed by atoms with Crippen LogP contribution in [0.4, 0.5) is 13.2 Å². The van der Waals surface area contributed by atoms with Crippen molar-refractivity contribution < 1.29 is 17.9 Å². The molecular weight excluding hydrogens is 255 g/mol. The second-order valence-electron chi connectivity index (χ2n) is 3.37. The fraction of sp³-hybridized carbons (Fsp3) is 0.182. The maximum absolute atomic E-state index is 12.8. The number of fused-ring (bicyclic) bond motifs is 1. The van der Waals surface area contributed by atoms with E-state index < -0.39 is 11.7 Å². The van der Waals surface area contributed by atoms with Gasteiger partial charge in [-0.15, -0.1) is 0 Å².